The van der Waals surface area contributed by atoms with Gasteiger partial charge in [0.2, 0.25) is 0 Å². The maximum Gasteiger partial charge on any atom is 0.410 e. The molecule has 20 heavy (non-hydrogen) atoms. The molecule has 0 bridgehead atoms. The zero-order valence-corrected chi connectivity index (χ0v) is 12.3. The summed E-state index contributed by atoms with van der Waals surface area (Å²) in [6.45, 7) is 8.21. The molecule has 1 aromatic heterocycles. The number of amides is 1. The first kappa shape index (κ1) is 14.5. The lowest BCUT2D eigenvalue weighted by molar-refractivity contribution is 0.00140. The lowest BCUT2D eigenvalue weighted by atomic mass is 9.93. The van der Waals surface area contributed by atoms with Gasteiger partial charge < -0.3 is 9.64 Å². The van der Waals surface area contributed by atoms with Crippen LogP contribution in [-0.4, -0.2) is 40.5 Å². The Hall–Kier alpha value is -1.91. The van der Waals surface area contributed by atoms with Crippen LogP contribution in [-0.2, 0) is 4.74 Å². The second-order valence-corrected chi connectivity index (χ2v) is 6.17. The average Bonchev–Trinajstić information content (AvgIpc) is 2.25. The van der Waals surface area contributed by atoms with Crippen molar-refractivity contribution in [2.75, 3.05) is 13.1 Å². The lowest BCUT2D eigenvalue weighted by Gasteiger charge is -2.38. The normalized spacial score (nSPS) is 15.7. The minimum atomic E-state index is -0.509. The lowest BCUT2D eigenvalue weighted by Crippen LogP contribution is -2.54. The maximum atomic E-state index is 12.2. The van der Waals surface area contributed by atoms with Crippen LogP contribution >= 0.6 is 0 Å². The monoisotopic (exact) mass is 276 g/mol. The summed E-state index contributed by atoms with van der Waals surface area (Å²) >= 11 is 0. The van der Waals surface area contributed by atoms with Crippen molar-refractivity contribution in [1.29, 1.82) is 0 Å². The Morgan fingerprint density at radius 1 is 1.30 bits per heavy atom. The number of carbonyl (C=O) groups excluding carboxylic acids is 2. The number of pyridine rings is 1. The molecule has 0 atom stereocenters. The van der Waals surface area contributed by atoms with E-state index < -0.39 is 5.60 Å². The molecule has 1 aromatic rings. The van der Waals surface area contributed by atoms with Crippen molar-refractivity contribution in [3.8, 4) is 0 Å². The van der Waals surface area contributed by atoms with Crippen molar-refractivity contribution in [3.05, 3.63) is 29.6 Å². The Morgan fingerprint density at radius 2 is 1.95 bits per heavy atom. The van der Waals surface area contributed by atoms with Gasteiger partial charge in [-0.2, -0.15) is 0 Å². The Kier molecular flexibility index (Phi) is 3.79. The van der Waals surface area contributed by atoms with Gasteiger partial charge in [-0.1, -0.05) is 6.07 Å². The van der Waals surface area contributed by atoms with E-state index in [1.54, 1.807) is 17.2 Å². The SMILES string of the molecule is Cc1ccc(C(=O)C2CN(C(=O)OC(C)(C)C)C2)nc1. The van der Waals surface area contributed by atoms with Crippen LogP contribution in [0.2, 0.25) is 0 Å². The molecule has 1 aliphatic heterocycles. The molecule has 1 fully saturated rings. The predicted molar refractivity (Wildman–Crippen MR) is 74.6 cm³/mol. The van der Waals surface area contributed by atoms with Gasteiger partial charge in [0.25, 0.3) is 0 Å². The van der Waals surface area contributed by atoms with Gasteiger partial charge in [-0.05, 0) is 39.3 Å². The van der Waals surface area contributed by atoms with Crippen LogP contribution in [0.1, 0.15) is 36.8 Å². The number of carbonyl (C=O) groups is 2. The second-order valence-electron chi connectivity index (χ2n) is 6.17. The van der Waals surface area contributed by atoms with Crippen molar-refractivity contribution in [1.82, 2.24) is 9.88 Å². The van der Waals surface area contributed by atoms with E-state index in [1.165, 1.54) is 0 Å². The van der Waals surface area contributed by atoms with Crippen LogP contribution < -0.4 is 0 Å². The zero-order valence-electron chi connectivity index (χ0n) is 12.3. The molecule has 0 saturated carbocycles. The minimum absolute atomic E-state index is 0.00944. The van der Waals surface area contributed by atoms with Gasteiger partial charge in [0.1, 0.15) is 11.3 Å². The zero-order chi connectivity index (χ0) is 14.9. The number of aromatic nitrogens is 1. The van der Waals surface area contributed by atoms with Crippen molar-refractivity contribution in [3.63, 3.8) is 0 Å². The topological polar surface area (TPSA) is 59.5 Å². The number of likely N-dealkylation sites (tertiary alicyclic amines) is 1. The van der Waals surface area contributed by atoms with E-state index in [0.717, 1.165) is 5.56 Å². The number of rotatable bonds is 2. The van der Waals surface area contributed by atoms with Crippen LogP contribution in [0, 0.1) is 12.8 Å². The molecule has 1 aliphatic rings. The standard InChI is InChI=1S/C15H20N2O3/c1-10-5-6-12(16-7-10)13(18)11-8-17(9-11)14(19)20-15(2,3)4/h5-7,11H,8-9H2,1-4H3. The molecule has 1 saturated heterocycles. The van der Waals surface area contributed by atoms with E-state index >= 15 is 0 Å². The van der Waals surface area contributed by atoms with Crippen LogP contribution in [0.15, 0.2) is 18.3 Å². The van der Waals surface area contributed by atoms with E-state index in [9.17, 15) is 9.59 Å². The molecule has 0 radical (unpaired) electrons. The average molecular weight is 276 g/mol. The summed E-state index contributed by atoms with van der Waals surface area (Å²) in [6, 6.07) is 3.60. The van der Waals surface area contributed by atoms with E-state index in [0.29, 0.717) is 18.8 Å². The third-order valence-corrected chi connectivity index (χ3v) is 3.07. The van der Waals surface area contributed by atoms with E-state index in [2.05, 4.69) is 4.98 Å². The molecule has 0 N–H and O–H groups in total. The highest BCUT2D eigenvalue weighted by molar-refractivity contribution is 5.97. The number of ether oxygens (including phenoxy) is 1. The van der Waals surface area contributed by atoms with Crippen LogP contribution in [0.5, 0.6) is 0 Å². The number of ketones is 1. The Balaban J connectivity index is 1.88. The van der Waals surface area contributed by atoms with Gasteiger partial charge in [-0.25, -0.2) is 4.79 Å². The highest BCUT2D eigenvalue weighted by atomic mass is 16.6. The summed E-state index contributed by atoms with van der Waals surface area (Å²) in [5.41, 5.74) is 0.972. The molecule has 1 amide bonds. The fraction of sp³-hybridized carbons (Fsp3) is 0.533. The summed E-state index contributed by atoms with van der Waals surface area (Å²) in [5, 5.41) is 0. The van der Waals surface area contributed by atoms with Gasteiger partial charge in [0, 0.05) is 19.3 Å². The molecule has 0 unspecified atom stereocenters. The summed E-state index contributed by atoms with van der Waals surface area (Å²) in [5.74, 6) is -0.178. The number of Topliss-reactive ketones (excluding diaryl/α,β-unsaturated/α-hetero) is 1. The molecule has 5 heteroatoms. The first-order chi connectivity index (χ1) is 9.26. The Labute approximate surface area is 118 Å². The van der Waals surface area contributed by atoms with Crippen molar-refractivity contribution < 1.29 is 14.3 Å². The molecule has 2 rings (SSSR count). The molecule has 0 spiro atoms. The summed E-state index contributed by atoms with van der Waals surface area (Å²) < 4.78 is 5.25. The third kappa shape index (κ3) is 3.35. The highest BCUT2D eigenvalue weighted by Crippen LogP contribution is 2.22. The maximum absolute atomic E-state index is 12.2. The molecule has 108 valence electrons. The summed E-state index contributed by atoms with van der Waals surface area (Å²) in [6.07, 6.45) is 1.32. The van der Waals surface area contributed by atoms with Gasteiger partial charge in [0.05, 0.1) is 5.92 Å². The van der Waals surface area contributed by atoms with Gasteiger partial charge in [-0.3, -0.25) is 9.78 Å². The molecule has 0 aromatic carbocycles. The minimum Gasteiger partial charge on any atom is -0.444 e. The fourth-order valence-corrected chi connectivity index (χ4v) is 1.94. The Bertz CT molecular complexity index is 511. The van der Waals surface area contributed by atoms with Crippen molar-refractivity contribution in [2.45, 2.75) is 33.3 Å². The highest BCUT2D eigenvalue weighted by Gasteiger charge is 2.38. The van der Waals surface area contributed by atoms with Crippen molar-refractivity contribution >= 4 is 11.9 Å². The van der Waals surface area contributed by atoms with E-state index in [-0.39, 0.29) is 17.8 Å². The van der Waals surface area contributed by atoms with E-state index in [4.69, 9.17) is 4.74 Å². The molecule has 2 heterocycles. The van der Waals surface area contributed by atoms with Gasteiger partial charge in [0.15, 0.2) is 5.78 Å². The first-order valence-corrected chi connectivity index (χ1v) is 6.71. The number of hydrogen-bond donors (Lipinski definition) is 0. The third-order valence-electron chi connectivity index (χ3n) is 3.07. The smallest absolute Gasteiger partial charge is 0.410 e. The van der Waals surface area contributed by atoms with Crippen LogP contribution in [0.4, 0.5) is 4.79 Å². The summed E-state index contributed by atoms with van der Waals surface area (Å²) in [7, 11) is 0. The van der Waals surface area contributed by atoms with Gasteiger partial charge in [-0.15, -0.1) is 0 Å². The second kappa shape index (κ2) is 5.23. The number of hydrogen-bond acceptors (Lipinski definition) is 4. The van der Waals surface area contributed by atoms with Crippen LogP contribution in [0.3, 0.4) is 0 Å². The first-order valence-electron chi connectivity index (χ1n) is 6.71. The fourth-order valence-electron chi connectivity index (χ4n) is 1.94. The predicted octanol–water partition coefficient (Wildman–Crippen LogP) is 2.44. The molecule has 5 nitrogen and oxygen atoms in total. The molecular weight excluding hydrogens is 256 g/mol. The number of aryl methyl sites for hydroxylation is 1. The Morgan fingerprint density at radius 3 is 2.45 bits per heavy atom. The van der Waals surface area contributed by atoms with E-state index in [1.807, 2.05) is 33.8 Å². The van der Waals surface area contributed by atoms with Crippen LogP contribution in [0.25, 0.3) is 0 Å². The quantitative estimate of drug-likeness (QED) is 0.778. The number of nitrogens with zero attached hydrogens (tertiary/aromatic N) is 2. The molecule has 0 aliphatic carbocycles. The summed E-state index contributed by atoms with van der Waals surface area (Å²) in [4.78, 5) is 29.6. The largest absolute Gasteiger partial charge is 0.444 e. The molecular formula is C15H20N2O3. The van der Waals surface area contributed by atoms with Gasteiger partial charge >= 0.3 is 6.09 Å². The van der Waals surface area contributed by atoms with Crippen molar-refractivity contribution in [2.24, 2.45) is 5.92 Å².